The summed E-state index contributed by atoms with van der Waals surface area (Å²) in [5.74, 6) is -0.321. The number of rotatable bonds is 4. The summed E-state index contributed by atoms with van der Waals surface area (Å²) in [7, 11) is -0.434. The molecule has 0 spiro atoms. The van der Waals surface area contributed by atoms with Crippen molar-refractivity contribution in [2.24, 2.45) is 7.05 Å². The van der Waals surface area contributed by atoms with Crippen LogP contribution in [0, 0.1) is 0 Å². The Morgan fingerprint density at radius 2 is 2.00 bits per heavy atom. The Morgan fingerprint density at radius 3 is 2.47 bits per heavy atom. The smallest absolute Gasteiger partial charge is 0.267 e. The Morgan fingerprint density at radius 1 is 1.41 bits per heavy atom. The van der Waals surface area contributed by atoms with Gasteiger partial charge in [0.1, 0.15) is 10.6 Å². The highest BCUT2D eigenvalue weighted by Gasteiger charge is 2.20. The normalized spacial score (nSPS) is 11.8. The van der Waals surface area contributed by atoms with E-state index in [-0.39, 0.29) is 16.8 Å². The lowest BCUT2D eigenvalue weighted by molar-refractivity contribution is 0.0955. The molecule has 1 aromatic heterocycles. The van der Waals surface area contributed by atoms with Gasteiger partial charge in [0, 0.05) is 26.3 Å². The fourth-order valence-corrected chi connectivity index (χ4v) is 2.73. The Labute approximate surface area is 101 Å². The molecule has 0 unspecified atom stereocenters. The largest absolute Gasteiger partial charge is 0.354 e. The summed E-state index contributed by atoms with van der Waals surface area (Å²) in [5, 5.41) is 2.45. The molecule has 1 rings (SSSR count). The fourth-order valence-electron chi connectivity index (χ4n) is 1.41. The quantitative estimate of drug-likeness (QED) is 0.803. The van der Waals surface area contributed by atoms with Crippen LogP contribution in [0.4, 0.5) is 0 Å². The molecular weight excluding hydrogens is 242 g/mol. The molecule has 0 fully saturated rings. The molecule has 0 saturated heterocycles. The minimum absolute atomic E-state index is 0.0901. The number of carbonyl (C=O) groups excluding carboxylic acids is 1. The number of nitrogens with one attached hydrogen (secondary N) is 2. The van der Waals surface area contributed by atoms with Crippen molar-refractivity contribution in [1.82, 2.24) is 14.6 Å². The van der Waals surface area contributed by atoms with E-state index in [4.69, 9.17) is 0 Å². The summed E-state index contributed by atoms with van der Waals surface area (Å²) in [6.07, 6.45) is 1.41. The van der Waals surface area contributed by atoms with E-state index in [2.05, 4.69) is 10.0 Å². The van der Waals surface area contributed by atoms with E-state index in [1.807, 2.05) is 0 Å². The molecular formula is C10H17N3O3S. The van der Waals surface area contributed by atoms with Crippen LogP contribution in [0.15, 0.2) is 17.2 Å². The van der Waals surface area contributed by atoms with Crippen LogP contribution in [0.1, 0.15) is 24.3 Å². The first-order chi connectivity index (χ1) is 7.77. The Balaban J connectivity index is 3.14. The molecule has 0 aliphatic carbocycles. The first kappa shape index (κ1) is 13.7. The van der Waals surface area contributed by atoms with Crippen molar-refractivity contribution in [2.45, 2.75) is 24.8 Å². The summed E-state index contributed by atoms with van der Waals surface area (Å²) in [5.41, 5.74) is 0.302. The van der Waals surface area contributed by atoms with Crippen molar-refractivity contribution in [2.75, 3.05) is 7.05 Å². The molecule has 0 radical (unpaired) electrons. The van der Waals surface area contributed by atoms with Crippen LogP contribution in [0.25, 0.3) is 0 Å². The number of nitrogens with zero attached hydrogens (tertiary/aromatic N) is 1. The summed E-state index contributed by atoms with van der Waals surface area (Å²) < 4.78 is 27.7. The first-order valence-corrected chi connectivity index (χ1v) is 6.67. The van der Waals surface area contributed by atoms with Crippen LogP contribution >= 0.6 is 0 Å². The number of aromatic nitrogens is 1. The van der Waals surface area contributed by atoms with Gasteiger partial charge in [-0.15, -0.1) is 0 Å². The molecule has 0 aromatic carbocycles. The number of carbonyl (C=O) groups is 1. The maximum absolute atomic E-state index is 11.9. The predicted molar refractivity (Wildman–Crippen MR) is 64.3 cm³/mol. The van der Waals surface area contributed by atoms with Crippen LogP contribution in [0.3, 0.4) is 0 Å². The summed E-state index contributed by atoms with van der Waals surface area (Å²) in [6.45, 7) is 3.47. The molecule has 17 heavy (non-hydrogen) atoms. The molecule has 0 aliphatic rings. The van der Waals surface area contributed by atoms with Gasteiger partial charge in [-0.05, 0) is 19.9 Å². The number of hydrogen-bond acceptors (Lipinski definition) is 3. The van der Waals surface area contributed by atoms with Crippen molar-refractivity contribution in [3.63, 3.8) is 0 Å². The van der Waals surface area contributed by atoms with Crippen molar-refractivity contribution in [3.8, 4) is 0 Å². The van der Waals surface area contributed by atoms with Crippen molar-refractivity contribution < 1.29 is 13.2 Å². The van der Waals surface area contributed by atoms with E-state index >= 15 is 0 Å². The van der Waals surface area contributed by atoms with E-state index in [0.717, 1.165) is 0 Å². The lowest BCUT2D eigenvalue weighted by atomic mass is 10.4. The summed E-state index contributed by atoms with van der Waals surface area (Å²) in [6, 6.07) is 1.16. The zero-order chi connectivity index (χ0) is 13.2. The van der Waals surface area contributed by atoms with Crippen molar-refractivity contribution >= 4 is 15.9 Å². The second-order valence-corrected chi connectivity index (χ2v) is 5.74. The molecule has 1 amide bonds. The lowest BCUT2D eigenvalue weighted by Crippen LogP contribution is -2.30. The minimum Gasteiger partial charge on any atom is -0.354 e. The van der Waals surface area contributed by atoms with E-state index < -0.39 is 10.0 Å². The highest BCUT2D eigenvalue weighted by molar-refractivity contribution is 7.89. The van der Waals surface area contributed by atoms with Crippen LogP contribution in [-0.4, -0.2) is 32.0 Å². The fraction of sp³-hybridized carbons (Fsp3) is 0.500. The molecule has 0 bridgehead atoms. The maximum atomic E-state index is 11.9. The van der Waals surface area contributed by atoms with Gasteiger partial charge in [-0.3, -0.25) is 4.79 Å². The van der Waals surface area contributed by atoms with Gasteiger partial charge in [0.2, 0.25) is 10.0 Å². The topological polar surface area (TPSA) is 80.2 Å². The van der Waals surface area contributed by atoms with Crippen LogP contribution in [0.2, 0.25) is 0 Å². The van der Waals surface area contributed by atoms with E-state index in [9.17, 15) is 13.2 Å². The third kappa shape index (κ3) is 3.07. The molecule has 7 heteroatoms. The van der Waals surface area contributed by atoms with Crippen molar-refractivity contribution in [3.05, 3.63) is 18.0 Å². The maximum Gasteiger partial charge on any atom is 0.267 e. The zero-order valence-electron chi connectivity index (χ0n) is 10.3. The summed E-state index contributed by atoms with van der Waals surface area (Å²) >= 11 is 0. The molecule has 2 N–H and O–H groups in total. The van der Waals surface area contributed by atoms with Gasteiger partial charge >= 0.3 is 0 Å². The zero-order valence-corrected chi connectivity index (χ0v) is 11.1. The lowest BCUT2D eigenvalue weighted by Gasteiger charge is -2.07. The average molecular weight is 259 g/mol. The highest BCUT2D eigenvalue weighted by atomic mass is 32.2. The number of amides is 1. The Kier molecular flexibility index (Phi) is 3.94. The Bertz CT molecular complexity index is 517. The van der Waals surface area contributed by atoms with Gasteiger partial charge in [-0.1, -0.05) is 0 Å². The van der Waals surface area contributed by atoms with Gasteiger partial charge in [0.25, 0.3) is 5.91 Å². The summed E-state index contributed by atoms with van der Waals surface area (Å²) in [4.78, 5) is 11.5. The van der Waals surface area contributed by atoms with E-state index in [1.54, 1.807) is 20.9 Å². The molecule has 1 heterocycles. The average Bonchev–Trinajstić information content (AvgIpc) is 2.58. The number of sulfonamides is 1. The van der Waals surface area contributed by atoms with E-state index in [0.29, 0.717) is 5.69 Å². The van der Waals surface area contributed by atoms with Crippen LogP contribution in [-0.2, 0) is 17.1 Å². The predicted octanol–water partition coefficient (Wildman–Crippen LogP) is 0.0714. The van der Waals surface area contributed by atoms with Gasteiger partial charge in [0.15, 0.2) is 0 Å². The van der Waals surface area contributed by atoms with Gasteiger partial charge in [-0.25, -0.2) is 13.1 Å². The molecule has 96 valence electrons. The molecule has 0 saturated carbocycles. The Hall–Kier alpha value is -1.34. The number of aryl methyl sites for hydroxylation is 1. The van der Waals surface area contributed by atoms with Crippen molar-refractivity contribution in [1.29, 1.82) is 0 Å². The molecule has 1 aromatic rings. The minimum atomic E-state index is -3.55. The van der Waals surface area contributed by atoms with Crippen LogP contribution < -0.4 is 10.0 Å². The van der Waals surface area contributed by atoms with Crippen LogP contribution in [0.5, 0.6) is 0 Å². The second kappa shape index (κ2) is 4.89. The third-order valence-electron chi connectivity index (χ3n) is 2.14. The third-order valence-corrected chi connectivity index (χ3v) is 3.77. The van der Waals surface area contributed by atoms with Gasteiger partial charge < -0.3 is 9.88 Å². The molecule has 0 atom stereocenters. The SMILES string of the molecule is CNC(=O)c1cc(S(=O)(=O)NC(C)C)cn1C. The standard InChI is InChI=1S/C10H17N3O3S/c1-7(2)12-17(15,16)8-5-9(10(14)11-3)13(4)6-8/h5-7,12H,1-4H3,(H,11,14). The first-order valence-electron chi connectivity index (χ1n) is 5.18. The highest BCUT2D eigenvalue weighted by Crippen LogP contribution is 2.13. The van der Waals surface area contributed by atoms with Gasteiger partial charge in [-0.2, -0.15) is 0 Å². The van der Waals surface area contributed by atoms with E-state index in [1.165, 1.54) is 23.9 Å². The second-order valence-electron chi connectivity index (χ2n) is 4.03. The molecule has 0 aliphatic heterocycles. The monoisotopic (exact) mass is 259 g/mol. The molecule has 6 nitrogen and oxygen atoms in total. The van der Waals surface area contributed by atoms with Gasteiger partial charge in [0.05, 0.1) is 0 Å². The number of hydrogen-bond donors (Lipinski definition) is 2.